The second-order valence-electron chi connectivity index (χ2n) is 6.99. The van der Waals surface area contributed by atoms with E-state index in [1.165, 1.54) is 11.6 Å². The average molecular weight is 420 g/mol. The van der Waals surface area contributed by atoms with Crippen LogP contribution in [0.4, 0.5) is 5.82 Å². The number of carbonyl (C=O) groups excluding carboxylic acids is 2. The largest absolute Gasteiger partial charge is 0.463 e. The molecule has 10 heteroatoms. The second-order valence-corrected chi connectivity index (χ2v) is 6.99. The van der Waals surface area contributed by atoms with Crippen LogP contribution in [0.15, 0.2) is 28.7 Å². The van der Waals surface area contributed by atoms with Crippen molar-refractivity contribution in [2.24, 2.45) is 7.05 Å². The van der Waals surface area contributed by atoms with Crippen molar-refractivity contribution in [3.05, 3.63) is 44.7 Å². The number of hydrogen-bond acceptors (Lipinski definition) is 8. The predicted octanol–water partition coefficient (Wildman–Crippen LogP) is 2.86. The maximum Gasteiger partial charge on any atom is 0.342 e. The van der Waals surface area contributed by atoms with Gasteiger partial charge in [0.2, 0.25) is 5.82 Å². The van der Waals surface area contributed by atoms with Crippen molar-refractivity contribution < 1.29 is 24.0 Å². The minimum atomic E-state index is -0.956. The first-order chi connectivity index (χ1) is 14.2. The third-order valence-electron chi connectivity index (χ3n) is 4.90. The van der Waals surface area contributed by atoms with E-state index in [-0.39, 0.29) is 36.0 Å². The van der Waals surface area contributed by atoms with Gasteiger partial charge >= 0.3 is 17.8 Å². The Kier molecular flexibility index (Phi) is 7.73. The molecule has 0 radical (unpaired) electrons. The van der Waals surface area contributed by atoms with Crippen molar-refractivity contribution in [2.75, 3.05) is 13.2 Å². The third-order valence-corrected chi connectivity index (χ3v) is 4.90. The summed E-state index contributed by atoms with van der Waals surface area (Å²) in [6.07, 6.45) is 3.73. The predicted molar refractivity (Wildman–Crippen MR) is 108 cm³/mol. The molecule has 30 heavy (non-hydrogen) atoms. The van der Waals surface area contributed by atoms with Crippen molar-refractivity contribution in [3.63, 3.8) is 0 Å². The van der Waals surface area contributed by atoms with Gasteiger partial charge in [-0.25, -0.2) is 19.1 Å². The quantitative estimate of drug-likeness (QED) is 0.280. The zero-order valence-corrected chi connectivity index (χ0v) is 18.0. The van der Waals surface area contributed by atoms with Crippen LogP contribution >= 0.6 is 0 Å². The lowest BCUT2D eigenvalue weighted by Crippen LogP contribution is -2.33. The Balaban J connectivity index is 2.55. The normalized spacial score (nSPS) is 16.4. The number of aromatic nitrogens is 2. The van der Waals surface area contributed by atoms with Crippen LogP contribution in [0, 0.1) is 10.1 Å². The number of nitro groups is 1. The van der Waals surface area contributed by atoms with Gasteiger partial charge < -0.3 is 24.9 Å². The van der Waals surface area contributed by atoms with Gasteiger partial charge in [-0.15, -0.1) is 0 Å². The highest BCUT2D eigenvalue weighted by Gasteiger charge is 2.42. The van der Waals surface area contributed by atoms with Gasteiger partial charge in [-0.05, 0) is 32.1 Å². The molecule has 1 aliphatic heterocycles. The molecule has 1 atom stereocenters. The Labute approximate surface area is 175 Å². The minimum absolute atomic E-state index is 0.141. The first-order valence-electron chi connectivity index (χ1n) is 9.93. The van der Waals surface area contributed by atoms with E-state index in [9.17, 15) is 19.7 Å². The SMILES string of the molecule is CCCCCOC(=O)C1=C(C)NC(C)=C(C(=O)OCC)C1c1ncc([N+](=O)[O-])n1C. The lowest BCUT2D eigenvalue weighted by Gasteiger charge is -2.28. The molecule has 2 heterocycles. The number of nitrogens with zero attached hydrogens (tertiary/aromatic N) is 3. The molecule has 0 aromatic carbocycles. The first-order valence-corrected chi connectivity index (χ1v) is 9.93. The van der Waals surface area contributed by atoms with E-state index in [0.29, 0.717) is 11.4 Å². The Morgan fingerprint density at radius 2 is 1.77 bits per heavy atom. The maximum atomic E-state index is 13.0. The Hall–Kier alpha value is -3.17. The highest BCUT2D eigenvalue weighted by Crippen LogP contribution is 2.39. The summed E-state index contributed by atoms with van der Waals surface area (Å²) in [7, 11) is 1.47. The Morgan fingerprint density at radius 1 is 1.17 bits per heavy atom. The maximum absolute atomic E-state index is 13.0. The second kappa shape index (κ2) is 10.0. The number of rotatable bonds is 9. The smallest absolute Gasteiger partial charge is 0.342 e. The fourth-order valence-corrected chi connectivity index (χ4v) is 3.45. The van der Waals surface area contributed by atoms with Gasteiger partial charge in [-0.2, -0.15) is 0 Å². The van der Waals surface area contributed by atoms with Gasteiger partial charge in [0, 0.05) is 11.4 Å². The molecule has 0 saturated carbocycles. The van der Waals surface area contributed by atoms with Crippen LogP contribution in [0.5, 0.6) is 0 Å². The molecular formula is C20H28N4O6. The molecule has 2 rings (SSSR count). The van der Waals surface area contributed by atoms with Crippen molar-refractivity contribution in [1.29, 1.82) is 0 Å². The summed E-state index contributed by atoms with van der Waals surface area (Å²) in [5, 5.41) is 14.3. The van der Waals surface area contributed by atoms with Gasteiger partial charge in [0.05, 0.1) is 31.4 Å². The van der Waals surface area contributed by atoms with E-state index in [2.05, 4.69) is 10.3 Å². The zero-order valence-electron chi connectivity index (χ0n) is 18.0. The van der Waals surface area contributed by atoms with E-state index < -0.39 is 22.8 Å². The highest BCUT2D eigenvalue weighted by molar-refractivity contribution is 5.99. The van der Waals surface area contributed by atoms with E-state index >= 15 is 0 Å². The molecule has 0 fully saturated rings. The fourth-order valence-electron chi connectivity index (χ4n) is 3.45. The number of nitrogens with one attached hydrogen (secondary N) is 1. The molecule has 1 aliphatic rings. The van der Waals surface area contributed by atoms with E-state index in [4.69, 9.17) is 9.47 Å². The lowest BCUT2D eigenvalue weighted by atomic mass is 9.84. The fraction of sp³-hybridized carbons (Fsp3) is 0.550. The first kappa shape index (κ1) is 23.1. The summed E-state index contributed by atoms with van der Waals surface area (Å²) >= 11 is 0. The number of carbonyl (C=O) groups is 2. The van der Waals surface area contributed by atoms with Crippen molar-refractivity contribution in [3.8, 4) is 0 Å². The molecule has 1 unspecified atom stereocenters. The molecule has 0 aliphatic carbocycles. The van der Waals surface area contributed by atoms with Gasteiger partial charge in [-0.3, -0.25) is 0 Å². The van der Waals surface area contributed by atoms with Crippen LogP contribution in [0.3, 0.4) is 0 Å². The molecule has 0 bridgehead atoms. The number of hydrogen-bond donors (Lipinski definition) is 1. The number of imidazole rings is 1. The van der Waals surface area contributed by atoms with E-state index in [1.807, 2.05) is 6.92 Å². The topological polar surface area (TPSA) is 126 Å². The highest BCUT2D eigenvalue weighted by atomic mass is 16.6. The molecule has 10 nitrogen and oxygen atoms in total. The molecule has 1 aromatic rings. The van der Waals surface area contributed by atoms with Crippen LogP contribution in [-0.2, 0) is 26.1 Å². The van der Waals surface area contributed by atoms with Gasteiger partial charge in [-0.1, -0.05) is 19.8 Å². The van der Waals surface area contributed by atoms with Crippen molar-refractivity contribution in [1.82, 2.24) is 14.9 Å². The number of esters is 2. The van der Waals surface area contributed by atoms with Crippen LogP contribution in [0.2, 0.25) is 0 Å². The van der Waals surface area contributed by atoms with Gasteiger partial charge in [0.1, 0.15) is 12.1 Å². The molecule has 0 saturated heterocycles. The lowest BCUT2D eigenvalue weighted by molar-refractivity contribution is -0.391. The summed E-state index contributed by atoms with van der Waals surface area (Å²) in [5.41, 5.74) is 1.34. The summed E-state index contributed by atoms with van der Waals surface area (Å²) in [4.78, 5) is 40.6. The minimum Gasteiger partial charge on any atom is -0.463 e. The average Bonchev–Trinajstić information content (AvgIpc) is 3.06. The summed E-state index contributed by atoms with van der Waals surface area (Å²) < 4.78 is 11.9. The summed E-state index contributed by atoms with van der Waals surface area (Å²) in [6, 6.07) is 0. The van der Waals surface area contributed by atoms with E-state index in [1.54, 1.807) is 20.8 Å². The molecule has 1 aromatic heterocycles. The zero-order chi connectivity index (χ0) is 22.4. The van der Waals surface area contributed by atoms with Crippen LogP contribution in [-0.4, -0.2) is 39.6 Å². The molecule has 0 amide bonds. The standard InChI is InChI=1S/C20H28N4O6/c1-6-8-9-10-30-20(26)16-13(4)22-12(3)15(19(25)29-7-2)17(16)18-21-11-14(23(18)5)24(27)28/h11,17,22H,6-10H2,1-5H3. The third kappa shape index (κ3) is 4.69. The molecule has 1 N–H and O–H groups in total. The summed E-state index contributed by atoms with van der Waals surface area (Å²) in [5.74, 6) is -2.24. The Morgan fingerprint density at radius 3 is 2.27 bits per heavy atom. The monoisotopic (exact) mass is 420 g/mol. The molecule has 0 spiro atoms. The summed E-state index contributed by atoms with van der Waals surface area (Å²) in [6.45, 7) is 7.48. The van der Waals surface area contributed by atoms with Gasteiger partial charge in [0.25, 0.3) is 0 Å². The molecular weight excluding hydrogens is 392 g/mol. The number of allylic oxidation sites excluding steroid dienone is 2. The van der Waals surface area contributed by atoms with Crippen LogP contribution in [0.25, 0.3) is 0 Å². The van der Waals surface area contributed by atoms with Crippen molar-refractivity contribution in [2.45, 2.75) is 52.9 Å². The number of dihydropyridines is 1. The number of ether oxygens (including phenoxy) is 2. The van der Waals surface area contributed by atoms with Crippen molar-refractivity contribution >= 4 is 17.8 Å². The number of unbranched alkanes of at least 4 members (excludes halogenated alkanes) is 2. The van der Waals surface area contributed by atoms with Crippen LogP contribution < -0.4 is 5.32 Å². The van der Waals surface area contributed by atoms with Crippen LogP contribution in [0.1, 0.15) is 58.7 Å². The van der Waals surface area contributed by atoms with Gasteiger partial charge in [0.15, 0.2) is 0 Å². The Bertz CT molecular complexity index is 899. The molecule has 164 valence electrons. The van der Waals surface area contributed by atoms with E-state index in [0.717, 1.165) is 25.5 Å².